The molecular formula is C14H19NO2. The van der Waals surface area contributed by atoms with E-state index in [1.54, 1.807) is 13.8 Å². The SMILES string of the molecule is CN1CCc2c(CC(C)(C)C(=O)O)cccc21. The van der Waals surface area contributed by atoms with Crippen LogP contribution in [0.4, 0.5) is 5.69 Å². The number of carboxylic acid groups (broad SMARTS) is 1. The molecule has 0 aromatic heterocycles. The minimum Gasteiger partial charge on any atom is -0.481 e. The first-order chi connectivity index (χ1) is 7.92. The van der Waals surface area contributed by atoms with Gasteiger partial charge in [-0.15, -0.1) is 0 Å². The molecule has 0 amide bonds. The largest absolute Gasteiger partial charge is 0.481 e. The van der Waals surface area contributed by atoms with Gasteiger partial charge in [-0.2, -0.15) is 0 Å². The van der Waals surface area contributed by atoms with Gasteiger partial charge in [0.2, 0.25) is 0 Å². The summed E-state index contributed by atoms with van der Waals surface area (Å²) in [5, 5.41) is 9.19. The van der Waals surface area contributed by atoms with Crippen LogP contribution < -0.4 is 4.90 Å². The number of anilines is 1. The summed E-state index contributed by atoms with van der Waals surface area (Å²) in [5.74, 6) is -0.735. The molecule has 3 heteroatoms. The molecule has 2 rings (SSSR count). The van der Waals surface area contributed by atoms with Crippen molar-refractivity contribution >= 4 is 11.7 Å². The van der Waals surface area contributed by atoms with E-state index in [9.17, 15) is 9.90 Å². The number of rotatable bonds is 3. The van der Waals surface area contributed by atoms with Crippen molar-refractivity contribution in [3.8, 4) is 0 Å². The number of aliphatic carboxylic acids is 1. The first-order valence-corrected chi connectivity index (χ1v) is 5.97. The summed E-state index contributed by atoms with van der Waals surface area (Å²) >= 11 is 0. The molecule has 1 aromatic carbocycles. The van der Waals surface area contributed by atoms with Crippen LogP contribution >= 0.6 is 0 Å². The summed E-state index contributed by atoms with van der Waals surface area (Å²) < 4.78 is 0. The molecule has 0 atom stereocenters. The van der Waals surface area contributed by atoms with E-state index in [0.29, 0.717) is 6.42 Å². The molecule has 0 saturated heterocycles. The fourth-order valence-electron chi connectivity index (χ4n) is 2.38. The second-order valence-corrected chi connectivity index (χ2v) is 5.45. The van der Waals surface area contributed by atoms with E-state index in [0.717, 1.165) is 13.0 Å². The maximum atomic E-state index is 11.2. The van der Waals surface area contributed by atoms with Crippen LogP contribution in [0.1, 0.15) is 25.0 Å². The van der Waals surface area contributed by atoms with Gasteiger partial charge >= 0.3 is 5.97 Å². The minimum absolute atomic E-state index is 0.597. The van der Waals surface area contributed by atoms with Crippen molar-refractivity contribution in [1.29, 1.82) is 0 Å². The Kier molecular flexibility index (Phi) is 2.86. The van der Waals surface area contributed by atoms with Crippen LogP contribution in [-0.4, -0.2) is 24.7 Å². The maximum absolute atomic E-state index is 11.2. The zero-order chi connectivity index (χ0) is 12.6. The molecule has 92 valence electrons. The Bertz CT molecular complexity index is 452. The van der Waals surface area contributed by atoms with Crippen LogP contribution in [-0.2, 0) is 17.6 Å². The Morgan fingerprint density at radius 3 is 2.82 bits per heavy atom. The highest BCUT2D eigenvalue weighted by atomic mass is 16.4. The number of nitrogens with zero attached hydrogens (tertiary/aromatic N) is 1. The van der Waals surface area contributed by atoms with Crippen molar-refractivity contribution in [2.45, 2.75) is 26.7 Å². The van der Waals surface area contributed by atoms with Crippen LogP contribution in [0.2, 0.25) is 0 Å². The Labute approximate surface area is 102 Å². The highest BCUT2D eigenvalue weighted by molar-refractivity contribution is 5.74. The summed E-state index contributed by atoms with van der Waals surface area (Å²) in [6.07, 6.45) is 1.62. The second-order valence-electron chi connectivity index (χ2n) is 5.45. The maximum Gasteiger partial charge on any atom is 0.309 e. The number of fused-ring (bicyclic) bond motifs is 1. The Morgan fingerprint density at radius 1 is 1.47 bits per heavy atom. The van der Waals surface area contributed by atoms with E-state index in [-0.39, 0.29) is 0 Å². The third-order valence-electron chi connectivity index (χ3n) is 3.57. The summed E-state index contributed by atoms with van der Waals surface area (Å²) in [5.41, 5.74) is 3.06. The molecule has 0 fully saturated rings. The smallest absolute Gasteiger partial charge is 0.309 e. The van der Waals surface area contributed by atoms with Gasteiger partial charge in [0.1, 0.15) is 0 Å². The van der Waals surface area contributed by atoms with E-state index in [1.807, 2.05) is 6.07 Å². The lowest BCUT2D eigenvalue weighted by Crippen LogP contribution is -2.26. The summed E-state index contributed by atoms with van der Waals surface area (Å²) in [4.78, 5) is 13.4. The summed E-state index contributed by atoms with van der Waals surface area (Å²) in [7, 11) is 2.08. The molecule has 0 saturated carbocycles. The van der Waals surface area contributed by atoms with E-state index < -0.39 is 11.4 Å². The van der Waals surface area contributed by atoms with Gasteiger partial charge < -0.3 is 10.0 Å². The van der Waals surface area contributed by atoms with Crippen molar-refractivity contribution in [3.63, 3.8) is 0 Å². The van der Waals surface area contributed by atoms with Gasteiger partial charge in [-0.05, 0) is 43.9 Å². The fraction of sp³-hybridized carbons (Fsp3) is 0.500. The van der Waals surface area contributed by atoms with Gasteiger partial charge in [0.05, 0.1) is 5.41 Å². The second kappa shape index (κ2) is 4.06. The van der Waals surface area contributed by atoms with Gasteiger partial charge in [-0.3, -0.25) is 4.79 Å². The average molecular weight is 233 g/mol. The minimum atomic E-state index is -0.735. The molecule has 1 aliphatic heterocycles. The summed E-state index contributed by atoms with van der Waals surface area (Å²) in [6, 6.07) is 6.19. The fourth-order valence-corrected chi connectivity index (χ4v) is 2.38. The average Bonchev–Trinajstić information content (AvgIpc) is 2.61. The number of likely N-dealkylation sites (N-methyl/N-ethyl adjacent to an activating group) is 1. The van der Waals surface area contributed by atoms with Crippen molar-refractivity contribution in [3.05, 3.63) is 29.3 Å². The van der Waals surface area contributed by atoms with Crippen LogP contribution in [0.3, 0.4) is 0 Å². The summed E-state index contributed by atoms with van der Waals surface area (Å²) in [6.45, 7) is 4.60. The van der Waals surface area contributed by atoms with Crippen molar-refractivity contribution in [1.82, 2.24) is 0 Å². The Morgan fingerprint density at radius 2 is 2.18 bits per heavy atom. The van der Waals surface area contributed by atoms with Crippen LogP contribution in [0.5, 0.6) is 0 Å². The van der Waals surface area contributed by atoms with E-state index in [1.165, 1.54) is 16.8 Å². The first-order valence-electron chi connectivity index (χ1n) is 5.97. The highest BCUT2D eigenvalue weighted by Gasteiger charge is 2.29. The predicted octanol–water partition coefficient (Wildman–Crippen LogP) is 2.33. The molecule has 1 aromatic rings. The lowest BCUT2D eigenvalue weighted by molar-refractivity contribution is -0.146. The van der Waals surface area contributed by atoms with Crippen molar-refractivity contribution < 1.29 is 9.90 Å². The zero-order valence-electron chi connectivity index (χ0n) is 10.7. The molecule has 1 aliphatic rings. The van der Waals surface area contributed by atoms with Crippen LogP contribution in [0.25, 0.3) is 0 Å². The Hall–Kier alpha value is -1.51. The number of carbonyl (C=O) groups is 1. The zero-order valence-corrected chi connectivity index (χ0v) is 10.7. The van der Waals surface area contributed by atoms with Gasteiger partial charge in [0.25, 0.3) is 0 Å². The van der Waals surface area contributed by atoms with Gasteiger partial charge in [-0.1, -0.05) is 12.1 Å². The lowest BCUT2D eigenvalue weighted by atomic mass is 9.84. The predicted molar refractivity (Wildman–Crippen MR) is 68.5 cm³/mol. The number of carboxylic acids is 1. The standard InChI is InChI=1S/C14H19NO2/c1-14(2,13(16)17)9-10-5-4-6-12-11(10)7-8-15(12)3/h4-6H,7-9H2,1-3H3,(H,16,17). The van der Waals surface area contributed by atoms with E-state index in [4.69, 9.17) is 0 Å². The molecule has 1 N–H and O–H groups in total. The van der Waals surface area contributed by atoms with Gasteiger partial charge in [0, 0.05) is 19.3 Å². The van der Waals surface area contributed by atoms with E-state index in [2.05, 4.69) is 24.1 Å². The molecule has 1 heterocycles. The molecule has 0 aliphatic carbocycles. The lowest BCUT2D eigenvalue weighted by Gasteiger charge is -2.21. The van der Waals surface area contributed by atoms with Gasteiger partial charge in [0.15, 0.2) is 0 Å². The molecular weight excluding hydrogens is 214 g/mol. The molecule has 0 bridgehead atoms. The normalized spacial score (nSPS) is 14.9. The molecule has 0 radical (unpaired) electrons. The van der Waals surface area contributed by atoms with Gasteiger partial charge in [-0.25, -0.2) is 0 Å². The highest BCUT2D eigenvalue weighted by Crippen LogP contribution is 2.33. The number of hydrogen-bond donors (Lipinski definition) is 1. The number of hydrogen-bond acceptors (Lipinski definition) is 2. The molecule has 3 nitrogen and oxygen atoms in total. The monoisotopic (exact) mass is 233 g/mol. The first kappa shape index (κ1) is 12.0. The number of benzene rings is 1. The van der Waals surface area contributed by atoms with Crippen LogP contribution in [0, 0.1) is 5.41 Å². The van der Waals surface area contributed by atoms with Crippen LogP contribution in [0.15, 0.2) is 18.2 Å². The molecule has 0 unspecified atom stereocenters. The quantitative estimate of drug-likeness (QED) is 0.871. The third kappa shape index (κ3) is 2.14. The molecule has 0 spiro atoms. The van der Waals surface area contributed by atoms with Crippen molar-refractivity contribution in [2.75, 3.05) is 18.5 Å². The van der Waals surface area contributed by atoms with Crippen molar-refractivity contribution in [2.24, 2.45) is 5.41 Å². The molecule has 17 heavy (non-hydrogen) atoms. The van der Waals surface area contributed by atoms with E-state index >= 15 is 0 Å². The topological polar surface area (TPSA) is 40.5 Å². The third-order valence-corrected chi connectivity index (χ3v) is 3.57. The Balaban J connectivity index is 2.33.